The SMILES string of the molecule is FC(F)(F)c1cccc(Cl)c1NCc1cccc(Cl)c1. The van der Waals surface area contributed by atoms with Crippen molar-refractivity contribution in [1.82, 2.24) is 0 Å². The van der Waals surface area contributed by atoms with Crippen LogP contribution in [0.3, 0.4) is 0 Å². The largest absolute Gasteiger partial charge is 0.418 e. The molecular weight excluding hydrogens is 310 g/mol. The van der Waals surface area contributed by atoms with Crippen LogP contribution in [-0.2, 0) is 12.7 Å². The molecule has 0 saturated carbocycles. The van der Waals surface area contributed by atoms with E-state index in [1.54, 1.807) is 24.3 Å². The molecule has 0 aliphatic rings. The van der Waals surface area contributed by atoms with Crippen LogP contribution >= 0.6 is 23.2 Å². The van der Waals surface area contributed by atoms with Crippen LogP contribution in [0.15, 0.2) is 42.5 Å². The van der Waals surface area contributed by atoms with Gasteiger partial charge in [0.25, 0.3) is 0 Å². The van der Waals surface area contributed by atoms with Gasteiger partial charge in [0.2, 0.25) is 0 Å². The van der Waals surface area contributed by atoms with Crippen LogP contribution in [-0.4, -0.2) is 0 Å². The molecule has 20 heavy (non-hydrogen) atoms. The number of para-hydroxylation sites is 1. The van der Waals surface area contributed by atoms with Crippen molar-refractivity contribution in [2.75, 3.05) is 5.32 Å². The van der Waals surface area contributed by atoms with E-state index in [2.05, 4.69) is 5.32 Å². The standard InChI is InChI=1S/C14H10Cl2F3N/c15-10-4-1-3-9(7-10)8-20-13-11(14(17,18)19)5-2-6-12(13)16/h1-7,20H,8H2. The van der Waals surface area contributed by atoms with E-state index in [0.717, 1.165) is 11.6 Å². The van der Waals surface area contributed by atoms with Gasteiger partial charge in [-0.05, 0) is 29.8 Å². The smallest absolute Gasteiger partial charge is 0.379 e. The third-order valence-electron chi connectivity index (χ3n) is 2.68. The molecular formula is C14H10Cl2F3N. The molecule has 2 aromatic rings. The first kappa shape index (κ1) is 15.0. The van der Waals surface area contributed by atoms with Crippen molar-refractivity contribution >= 4 is 28.9 Å². The Labute approximate surface area is 124 Å². The van der Waals surface area contributed by atoms with Gasteiger partial charge in [-0.2, -0.15) is 13.2 Å². The summed E-state index contributed by atoms with van der Waals surface area (Å²) < 4.78 is 38.7. The first-order chi connectivity index (χ1) is 9.38. The predicted octanol–water partition coefficient (Wildman–Crippen LogP) is 5.62. The molecule has 0 atom stereocenters. The number of halogens is 5. The quantitative estimate of drug-likeness (QED) is 0.773. The van der Waals surface area contributed by atoms with Gasteiger partial charge in [0.15, 0.2) is 0 Å². The summed E-state index contributed by atoms with van der Waals surface area (Å²) in [6.45, 7) is 0.202. The third kappa shape index (κ3) is 3.58. The molecule has 0 radical (unpaired) electrons. The third-order valence-corrected chi connectivity index (χ3v) is 3.23. The Hall–Kier alpha value is -1.39. The Kier molecular flexibility index (Phi) is 4.45. The zero-order valence-corrected chi connectivity index (χ0v) is 11.7. The molecule has 0 spiro atoms. The fraction of sp³-hybridized carbons (Fsp3) is 0.143. The zero-order valence-electron chi connectivity index (χ0n) is 10.1. The first-order valence-electron chi connectivity index (χ1n) is 5.72. The van der Waals surface area contributed by atoms with Crippen LogP contribution in [0.2, 0.25) is 10.0 Å². The highest BCUT2D eigenvalue weighted by molar-refractivity contribution is 6.33. The summed E-state index contributed by atoms with van der Waals surface area (Å²) in [5, 5.41) is 3.28. The molecule has 0 fully saturated rings. The molecule has 0 aromatic heterocycles. The topological polar surface area (TPSA) is 12.0 Å². The first-order valence-corrected chi connectivity index (χ1v) is 6.47. The van der Waals surface area contributed by atoms with E-state index in [1.807, 2.05) is 0 Å². The summed E-state index contributed by atoms with van der Waals surface area (Å²) in [4.78, 5) is 0. The fourth-order valence-electron chi connectivity index (χ4n) is 1.78. The number of alkyl halides is 3. The minimum atomic E-state index is -4.46. The van der Waals surface area contributed by atoms with E-state index in [4.69, 9.17) is 23.2 Å². The summed E-state index contributed by atoms with van der Waals surface area (Å²) in [6.07, 6.45) is -4.46. The minimum absolute atomic E-state index is 0.0295. The Morgan fingerprint density at radius 1 is 1.00 bits per heavy atom. The van der Waals surface area contributed by atoms with Crippen molar-refractivity contribution in [3.63, 3.8) is 0 Å². The predicted molar refractivity (Wildman–Crippen MR) is 75.2 cm³/mol. The molecule has 0 heterocycles. The lowest BCUT2D eigenvalue weighted by atomic mass is 10.1. The number of hydrogen-bond donors (Lipinski definition) is 1. The number of benzene rings is 2. The van der Waals surface area contributed by atoms with Gasteiger partial charge in [-0.15, -0.1) is 0 Å². The minimum Gasteiger partial charge on any atom is -0.379 e. The van der Waals surface area contributed by atoms with Crippen LogP contribution in [0.5, 0.6) is 0 Å². The molecule has 0 aliphatic heterocycles. The maximum Gasteiger partial charge on any atom is 0.418 e. The van der Waals surface area contributed by atoms with E-state index < -0.39 is 11.7 Å². The zero-order chi connectivity index (χ0) is 14.8. The van der Waals surface area contributed by atoms with Gasteiger partial charge < -0.3 is 5.32 Å². The summed E-state index contributed by atoms with van der Waals surface area (Å²) in [5.74, 6) is 0. The maximum absolute atomic E-state index is 12.9. The van der Waals surface area contributed by atoms with Crippen LogP contribution in [0.1, 0.15) is 11.1 Å². The van der Waals surface area contributed by atoms with Crippen molar-refractivity contribution in [3.05, 3.63) is 63.6 Å². The van der Waals surface area contributed by atoms with Gasteiger partial charge in [-0.25, -0.2) is 0 Å². The fourth-order valence-corrected chi connectivity index (χ4v) is 2.23. The molecule has 1 nitrogen and oxygen atoms in total. The average molecular weight is 320 g/mol. The lowest BCUT2D eigenvalue weighted by Crippen LogP contribution is -2.11. The Bertz CT molecular complexity index is 612. The highest BCUT2D eigenvalue weighted by Gasteiger charge is 2.34. The maximum atomic E-state index is 12.9. The second kappa shape index (κ2) is 5.94. The summed E-state index contributed by atoms with van der Waals surface area (Å²) >= 11 is 11.7. The van der Waals surface area contributed by atoms with E-state index in [0.29, 0.717) is 5.02 Å². The van der Waals surface area contributed by atoms with Gasteiger partial charge in [0.05, 0.1) is 16.3 Å². The highest BCUT2D eigenvalue weighted by Crippen LogP contribution is 2.38. The Balaban J connectivity index is 2.25. The summed E-state index contributed by atoms with van der Waals surface area (Å²) in [6, 6.07) is 10.6. The Morgan fingerprint density at radius 2 is 1.70 bits per heavy atom. The van der Waals surface area contributed by atoms with Crippen molar-refractivity contribution < 1.29 is 13.2 Å². The molecule has 1 N–H and O–H groups in total. The van der Waals surface area contributed by atoms with E-state index in [-0.39, 0.29) is 17.3 Å². The molecule has 0 unspecified atom stereocenters. The summed E-state index contributed by atoms with van der Waals surface area (Å²) in [7, 11) is 0. The lowest BCUT2D eigenvalue weighted by molar-refractivity contribution is -0.136. The molecule has 0 saturated heterocycles. The monoisotopic (exact) mass is 319 g/mol. The number of hydrogen-bond acceptors (Lipinski definition) is 1. The van der Waals surface area contributed by atoms with Gasteiger partial charge in [-0.1, -0.05) is 41.4 Å². The van der Waals surface area contributed by atoms with Crippen LogP contribution in [0.4, 0.5) is 18.9 Å². The van der Waals surface area contributed by atoms with Crippen molar-refractivity contribution in [1.29, 1.82) is 0 Å². The highest BCUT2D eigenvalue weighted by atomic mass is 35.5. The van der Waals surface area contributed by atoms with E-state index in [1.165, 1.54) is 12.1 Å². The van der Waals surface area contributed by atoms with Gasteiger partial charge in [0, 0.05) is 11.6 Å². The van der Waals surface area contributed by atoms with Crippen LogP contribution in [0.25, 0.3) is 0 Å². The number of rotatable bonds is 3. The number of anilines is 1. The molecule has 0 amide bonds. The second-order valence-electron chi connectivity index (χ2n) is 4.14. The molecule has 0 bridgehead atoms. The van der Waals surface area contributed by atoms with Crippen molar-refractivity contribution in [2.45, 2.75) is 12.7 Å². The average Bonchev–Trinajstić information content (AvgIpc) is 2.36. The lowest BCUT2D eigenvalue weighted by Gasteiger charge is -2.16. The van der Waals surface area contributed by atoms with Gasteiger partial charge in [0.1, 0.15) is 0 Å². The molecule has 106 valence electrons. The second-order valence-corrected chi connectivity index (χ2v) is 4.99. The van der Waals surface area contributed by atoms with Crippen molar-refractivity contribution in [3.8, 4) is 0 Å². The van der Waals surface area contributed by atoms with Gasteiger partial charge in [-0.3, -0.25) is 0 Å². The molecule has 0 aliphatic carbocycles. The van der Waals surface area contributed by atoms with E-state index in [9.17, 15) is 13.2 Å². The van der Waals surface area contributed by atoms with Crippen LogP contribution < -0.4 is 5.32 Å². The normalized spacial score (nSPS) is 11.4. The summed E-state index contributed by atoms with van der Waals surface area (Å²) in [5.41, 5.74) is -0.140. The Morgan fingerprint density at radius 3 is 2.35 bits per heavy atom. The molecule has 2 rings (SSSR count). The van der Waals surface area contributed by atoms with Crippen molar-refractivity contribution in [2.24, 2.45) is 0 Å². The van der Waals surface area contributed by atoms with Crippen LogP contribution in [0, 0.1) is 0 Å². The van der Waals surface area contributed by atoms with Gasteiger partial charge >= 0.3 is 6.18 Å². The van der Waals surface area contributed by atoms with E-state index >= 15 is 0 Å². The molecule has 2 aromatic carbocycles. The molecule has 6 heteroatoms. The number of nitrogens with one attached hydrogen (secondary N) is 1.